The van der Waals surface area contributed by atoms with Gasteiger partial charge in [0.1, 0.15) is 12.7 Å². The lowest BCUT2D eigenvalue weighted by Crippen LogP contribution is -2.67. The van der Waals surface area contributed by atoms with Crippen molar-refractivity contribution >= 4 is 11.8 Å². The third kappa shape index (κ3) is 3.31. The number of hydrogen-bond acceptors (Lipinski definition) is 3. The Kier molecular flexibility index (Phi) is 4.94. The van der Waals surface area contributed by atoms with Crippen LogP contribution in [0.3, 0.4) is 0 Å². The Bertz CT molecular complexity index is 880. The van der Waals surface area contributed by atoms with Crippen LogP contribution in [0.25, 0.3) is 0 Å². The number of carbonyl (C=O) groups is 2. The van der Waals surface area contributed by atoms with Gasteiger partial charge in [0.15, 0.2) is 0 Å². The van der Waals surface area contributed by atoms with Crippen LogP contribution >= 0.6 is 0 Å². The molecule has 5 heteroatoms. The number of nitrogens with one attached hydrogen (secondary N) is 1. The first-order valence-corrected chi connectivity index (χ1v) is 9.87. The van der Waals surface area contributed by atoms with Gasteiger partial charge >= 0.3 is 0 Å². The Hall–Kier alpha value is -2.66. The molecule has 28 heavy (non-hydrogen) atoms. The van der Waals surface area contributed by atoms with Crippen LogP contribution in [0.15, 0.2) is 54.6 Å². The minimum absolute atomic E-state index is 0.0182. The van der Waals surface area contributed by atoms with E-state index in [0.29, 0.717) is 31.0 Å². The van der Waals surface area contributed by atoms with Crippen molar-refractivity contribution in [2.45, 2.75) is 37.8 Å². The molecule has 2 aromatic carbocycles. The molecule has 0 aromatic heterocycles. The van der Waals surface area contributed by atoms with Crippen LogP contribution in [-0.4, -0.2) is 42.5 Å². The molecule has 2 heterocycles. The molecule has 1 N–H and O–H groups in total. The van der Waals surface area contributed by atoms with Crippen molar-refractivity contribution in [1.29, 1.82) is 0 Å². The molecular formula is C23H26N2O3. The van der Waals surface area contributed by atoms with E-state index in [4.69, 9.17) is 4.74 Å². The number of piperidine rings is 1. The highest BCUT2D eigenvalue weighted by molar-refractivity contribution is 5.94. The number of likely N-dealkylation sites (tertiary alicyclic amines) is 1. The van der Waals surface area contributed by atoms with E-state index in [9.17, 15) is 9.59 Å². The lowest BCUT2D eigenvalue weighted by Gasteiger charge is -2.50. The number of carbonyl (C=O) groups excluding carboxylic acids is 2. The molecule has 0 spiro atoms. The number of amides is 2. The number of benzene rings is 2. The van der Waals surface area contributed by atoms with Crippen LogP contribution in [0.1, 0.15) is 47.7 Å². The van der Waals surface area contributed by atoms with Crippen molar-refractivity contribution < 1.29 is 14.3 Å². The van der Waals surface area contributed by atoms with E-state index in [0.717, 1.165) is 11.1 Å². The second-order valence-corrected chi connectivity index (χ2v) is 7.97. The van der Waals surface area contributed by atoms with Crippen LogP contribution < -0.4 is 5.32 Å². The van der Waals surface area contributed by atoms with Gasteiger partial charge in [0.25, 0.3) is 5.91 Å². The Balaban J connectivity index is 1.59. The summed E-state index contributed by atoms with van der Waals surface area (Å²) in [6.07, 6.45) is 0.363. The van der Waals surface area contributed by atoms with Gasteiger partial charge in [-0.25, -0.2) is 0 Å². The molecular weight excluding hydrogens is 352 g/mol. The van der Waals surface area contributed by atoms with Gasteiger partial charge in [-0.2, -0.15) is 0 Å². The molecule has 2 aliphatic heterocycles. The highest BCUT2D eigenvalue weighted by Crippen LogP contribution is 2.37. The van der Waals surface area contributed by atoms with E-state index in [1.54, 1.807) is 0 Å². The van der Waals surface area contributed by atoms with Crippen LogP contribution in [0, 0.1) is 0 Å². The van der Waals surface area contributed by atoms with Gasteiger partial charge in [-0.05, 0) is 35.6 Å². The summed E-state index contributed by atoms with van der Waals surface area (Å²) in [6, 6.07) is 17.8. The van der Waals surface area contributed by atoms with Gasteiger partial charge in [0, 0.05) is 18.7 Å². The van der Waals surface area contributed by atoms with E-state index in [1.165, 1.54) is 0 Å². The second kappa shape index (κ2) is 7.40. The fourth-order valence-corrected chi connectivity index (χ4v) is 4.25. The molecule has 0 saturated carbocycles. The summed E-state index contributed by atoms with van der Waals surface area (Å²) < 4.78 is 5.92. The molecule has 146 valence electrons. The molecule has 0 aliphatic carbocycles. The molecule has 5 nitrogen and oxygen atoms in total. The lowest BCUT2D eigenvalue weighted by atomic mass is 9.77. The summed E-state index contributed by atoms with van der Waals surface area (Å²) in [5.74, 6) is 0.283. The zero-order valence-corrected chi connectivity index (χ0v) is 16.4. The number of ether oxygens (including phenoxy) is 1. The summed E-state index contributed by atoms with van der Waals surface area (Å²) >= 11 is 0. The number of nitrogens with zero attached hydrogens (tertiary/aromatic N) is 1. The third-order valence-corrected chi connectivity index (χ3v) is 5.87. The van der Waals surface area contributed by atoms with Gasteiger partial charge in [-0.1, -0.05) is 56.3 Å². The highest BCUT2D eigenvalue weighted by Gasteiger charge is 2.49. The Morgan fingerprint density at radius 1 is 1.18 bits per heavy atom. The number of rotatable bonds is 3. The smallest absolute Gasteiger partial charge is 0.253 e. The van der Waals surface area contributed by atoms with E-state index in [1.807, 2.05) is 53.4 Å². The summed E-state index contributed by atoms with van der Waals surface area (Å²) in [5.41, 5.74) is 2.32. The Morgan fingerprint density at radius 2 is 1.96 bits per heavy atom. The van der Waals surface area contributed by atoms with E-state index >= 15 is 0 Å². The number of fused-ring (bicyclic) bond motifs is 1. The van der Waals surface area contributed by atoms with Gasteiger partial charge in [0.05, 0.1) is 5.54 Å². The van der Waals surface area contributed by atoms with Crippen LogP contribution in [0.2, 0.25) is 0 Å². The van der Waals surface area contributed by atoms with E-state index in [2.05, 4.69) is 25.2 Å². The molecule has 2 aromatic rings. The van der Waals surface area contributed by atoms with Crippen molar-refractivity contribution in [2.75, 3.05) is 19.7 Å². The van der Waals surface area contributed by atoms with Crippen molar-refractivity contribution in [3.63, 3.8) is 0 Å². The highest BCUT2D eigenvalue weighted by atomic mass is 16.5. The van der Waals surface area contributed by atoms with Gasteiger partial charge in [-0.15, -0.1) is 0 Å². The largest absolute Gasteiger partial charge is 0.364 e. The average molecular weight is 378 g/mol. The van der Waals surface area contributed by atoms with E-state index in [-0.39, 0.29) is 24.5 Å². The molecule has 2 fully saturated rings. The summed E-state index contributed by atoms with van der Waals surface area (Å²) in [4.78, 5) is 27.1. The minimum atomic E-state index is -0.576. The van der Waals surface area contributed by atoms with Crippen LogP contribution in [-0.2, 0) is 15.1 Å². The zero-order valence-electron chi connectivity index (χ0n) is 16.4. The maximum atomic E-state index is 13.1. The number of morpholine rings is 1. The normalized spacial score (nSPS) is 24.6. The summed E-state index contributed by atoms with van der Waals surface area (Å²) in [7, 11) is 0. The summed E-state index contributed by atoms with van der Waals surface area (Å²) in [6.45, 7) is 5.30. The van der Waals surface area contributed by atoms with Crippen molar-refractivity contribution in [1.82, 2.24) is 10.2 Å². The van der Waals surface area contributed by atoms with Gasteiger partial charge in [-0.3, -0.25) is 9.59 Å². The average Bonchev–Trinajstić information content (AvgIpc) is 2.73. The first kappa shape index (κ1) is 18.7. The Labute approximate surface area is 165 Å². The lowest BCUT2D eigenvalue weighted by molar-refractivity contribution is -0.150. The fraction of sp³-hybridized carbons (Fsp3) is 0.391. The molecule has 2 aliphatic rings. The fourth-order valence-electron chi connectivity index (χ4n) is 4.25. The summed E-state index contributed by atoms with van der Waals surface area (Å²) in [5, 5.41) is 3.17. The molecule has 4 rings (SSSR count). The maximum Gasteiger partial charge on any atom is 0.253 e. The van der Waals surface area contributed by atoms with Gasteiger partial charge < -0.3 is 15.0 Å². The molecule has 2 amide bonds. The van der Waals surface area contributed by atoms with Crippen molar-refractivity contribution in [3.05, 3.63) is 71.3 Å². The molecule has 2 saturated heterocycles. The number of hydrogen-bond donors (Lipinski definition) is 1. The zero-order chi connectivity index (χ0) is 19.7. The Morgan fingerprint density at radius 3 is 2.71 bits per heavy atom. The van der Waals surface area contributed by atoms with Crippen molar-refractivity contribution in [2.24, 2.45) is 0 Å². The predicted molar refractivity (Wildman–Crippen MR) is 107 cm³/mol. The van der Waals surface area contributed by atoms with E-state index < -0.39 is 5.54 Å². The van der Waals surface area contributed by atoms with Crippen molar-refractivity contribution in [3.8, 4) is 0 Å². The second-order valence-electron chi connectivity index (χ2n) is 7.97. The first-order chi connectivity index (χ1) is 13.5. The third-order valence-electron chi connectivity index (χ3n) is 5.87. The quantitative estimate of drug-likeness (QED) is 0.893. The molecule has 0 radical (unpaired) electrons. The van der Waals surface area contributed by atoms with Crippen LogP contribution in [0.5, 0.6) is 0 Å². The first-order valence-electron chi connectivity index (χ1n) is 9.87. The standard InChI is InChI=1S/C23H26N2O3/c1-16(2)17-7-6-8-18(13-17)22(27)25-12-11-23(19-9-4-3-5-10-19)20(14-25)28-15-21(26)24-23/h3-10,13,16,20H,11-12,14-15H2,1-2H3,(H,24,26)/t20-,23+/m1/s1. The minimum Gasteiger partial charge on any atom is -0.364 e. The topological polar surface area (TPSA) is 58.6 Å². The molecule has 0 bridgehead atoms. The monoisotopic (exact) mass is 378 g/mol. The predicted octanol–water partition coefficient (Wildman–Crippen LogP) is 3.07. The SMILES string of the molecule is CC(C)c1cccc(C(=O)N2CC[C@@]3(c4ccccc4)NC(=O)CO[C@@H]3C2)c1. The van der Waals surface area contributed by atoms with Crippen LogP contribution in [0.4, 0.5) is 0 Å². The maximum absolute atomic E-state index is 13.1. The van der Waals surface area contributed by atoms with Gasteiger partial charge in [0.2, 0.25) is 5.91 Å². The molecule has 2 atom stereocenters. The molecule has 0 unspecified atom stereocenters.